The molecule has 0 spiro atoms. The van der Waals surface area contributed by atoms with Gasteiger partial charge in [-0.2, -0.15) is 5.10 Å². The quantitative estimate of drug-likeness (QED) is 0.641. The van der Waals surface area contributed by atoms with E-state index in [1.165, 1.54) is 16.8 Å². The highest BCUT2D eigenvalue weighted by atomic mass is 16.3. The largest absolute Gasteiger partial charge is 0.375 e. The van der Waals surface area contributed by atoms with Crippen molar-refractivity contribution in [1.82, 2.24) is 25.1 Å². The Kier molecular flexibility index (Phi) is 4.88. The fourth-order valence-corrected chi connectivity index (χ4v) is 4.68. The Morgan fingerprint density at radius 2 is 1.97 bits per heavy atom. The summed E-state index contributed by atoms with van der Waals surface area (Å²) in [5.41, 5.74) is 5.89. The molecule has 1 fully saturated rings. The molecular weight excluding hydrogens is 378 g/mol. The van der Waals surface area contributed by atoms with Crippen LogP contribution in [0.4, 0.5) is 11.5 Å². The molecule has 0 radical (unpaired) electrons. The Hall–Kier alpha value is -2.97. The third-order valence-corrected chi connectivity index (χ3v) is 6.30. The molecule has 30 heavy (non-hydrogen) atoms. The summed E-state index contributed by atoms with van der Waals surface area (Å²) < 4.78 is 0. The van der Waals surface area contributed by atoms with Gasteiger partial charge >= 0.3 is 0 Å². The molecule has 1 saturated heterocycles. The number of aromatic amines is 1. The summed E-state index contributed by atoms with van der Waals surface area (Å²) >= 11 is 0. The monoisotopic (exact) mass is 405 g/mol. The predicted molar refractivity (Wildman–Crippen MR) is 118 cm³/mol. The average Bonchev–Trinajstić information content (AvgIpc) is 3.26. The Balaban J connectivity index is 1.39. The molecule has 0 bridgehead atoms. The Bertz CT molecular complexity index is 1070. The van der Waals surface area contributed by atoms with E-state index in [0.717, 1.165) is 68.1 Å². The minimum Gasteiger partial charge on any atom is -0.375 e. The lowest BCUT2D eigenvalue weighted by atomic mass is 10.0. The summed E-state index contributed by atoms with van der Waals surface area (Å²) in [6.07, 6.45) is 5.52. The van der Waals surface area contributed by atoms with Gasteiger partial charge in [0.05, 0.1) is 29.6 Å². The third-order valence-electron chi connectivity index (χ3n) is 6.30. The smallest absolute Gasteiger partial charge is 0.135 e. The molecular formula is C22H27N7O. The second-order valence-corrected chi connectivity index (χ2v) is 8.03. The maximum Gasteiger partial charge on any atom is 0.135 e. The van der Waals surface area contributed by atoms with Crippen LogP contribution in [0.2, 0.25) is 0 Å². The van der Waals surface area contributed by atoms with E-state index in [2.05, 4.69) is 55.6 Å². The molecule has 0 amide bonds. The number of aliphatic hydroxyl groups is 1. The number of aliphatic hydroxyl groups excluding tert-OH is 1. The minimum atomic E-state index is -0.575. The van der Waals surface area contributed by atoms with Gasteiger partial charge in [0.15, 0.2) is 0 Å². The van der Waals surface area contributed by atoms with Gasteiger partial charge in [0.1, 0.15) is 18.4 Å². The van der Waals surface area contributed by atoms with Gasteiger partial charge in [-0.25, -0.2) is 9.97 Å². The molecule has 2 aromatic heterocycles. The normalized spacial score (nSPS) is 18.5. The molecule has 2 N–H and O–H groups in total. The van der Waals surface area contributed by atoms with Gasteiger partial charge in [0.2, 0.25) is 0 Å². The summed E-state index contributed by atoms with van der Waals surface area (Å²) in [5.74, 6) is 1.05. The lowest BCUT2D eigenvalue weighted by Crippen LogP contribution is -2.50. The highest BCUT2D eigenvalue weighted by Crippen LogP contribution is 2.34. The molecule has 2 aliphatic rings. The van der Waals surface area contributed by atoms with Crippen molar-refractivity contribution in [2.24, 2.45) is 0 Å². The predicted octanol–water partition coefficient (Wildman–Crippen LogP) is 1.85. The van der Waals surface area contributed by atoms with E-state index in [1.54, 1.807) is 12.4 Å². The summed E-state index contributed by atoms with van der Waals surface area (Å²) in [6, 6.07) is 4.23. The van der Waals surface area contributed by atoms with Gasteiger partial charge < -0.3 is 14.9 Å². The zero-order chi connectivity index (χ0) is 20.7. The number of H-pyrrole nitrogens is 1. The molecule has 8 heteroatoms. The van der Waals surface area contributed by atoms with Gasteiger partial charge in [0, 0.05) is 43.7 Å². The number of piperazine rings is 1. The number of fused-ring (bicyclic) bond motifs is 2. The van der Waals surface area contributed by atoms with Crippen molar-refractivity contribution in [3.05, 3.63) is 54.1 Å². The number of rotatable bonds is 4. The van der Waals surface area contributed by atoms with E-state index in [-0.39, 0.29) is 0 Å². The lowest BCUT2D eigenvalue weighted by Gasteiger charge is -2.39. The number of aromatic nitrogens is 4. The van der Waals surface area contributed by atoms with Crippen LogP contribution in [0.5, 0.6) is 0 Å². The second-order valence-electron chi connectivity index (χ2n) is 8.03. The SMILES string of the molecule is C=CC(O)N1CCN(c2ncnc3c2CCN(c2c(C)ccc4[nH]ncc24)C3)CC1. The number of nitrogens with zero attached hydrogens (tertiary/aromatic N) is 6. The van der Waals surface area contributed by atoms with Crippen LogP contribution in [0.3, 0.4) is 0 Å². The van der Waals surface area contributed by atoms with Crippen LogP contribution in [0.25, 0.3) is 10.9 Å². The number of anilines is 2. The average molecular weight is 406 g/mol. The molecule has 4 heterocycles. The molecule has 156 valence electrons. The van der Waals surface area contributed by atoms with Crippen LogP contribution in [-0.4, -0.2) is 69.1 Å². The molecule has 1 aromatic carbocycles. The van der Waals surface area contributed by atoms with E-state index in [1.807, 2.05) is 11.1 Å². The summed E-state index contributed by atoms with van der Waals surface area (Å²) in [6.45, 7) is 10.8. The first-order valence-electron chi connectivity index (χ1n) is 10.5. The zero-order valence-electron chi connectivity index (χ0n) is 17.3. The summed E-state index contributed by atoms with van der Waals surface area (Å²) in [5, 5.41) is 18.5. The topological polar surface area (TPSA) is 84.4 Å². The standard InChI is InChI=1S/C22H27N7O/c1-3-20(30)27-8-10-28(11-9-27)22-16-6-7-29(13-19(16)23-14-24-22)21-15(2)4-5-18-17(21)12-25-26-18/h3-5,12,14,20,30H,1,6-11,13H2,2H3,(H,25,26). The molecule has 5 rings (SSSR count). The number of nitrogens with one attached hydrogen (secondary N) is 1. The fraction of sp³-hybridized carbons (Fsp3) is 0.409. The van der Waals surface area contributed by atoms with Crippen molar-refractivity contribution < 1.29 is 5.11 Å². The van der Waals surface area contributed by atoms with Crippen molar-refractivity contribution >= 4 is 22.4 Å². The van der Waals surface area contributed by atoms with Gasteiger partial charge in [0.25, 0.3) is 0 Å². The molecule has 1 atom stereocenters. The van der Waals surface area contributed by atoms with E-state index >= 15 is 0 Å². The van der Waals surface area contributed by atoms with Gasteiger partial charge in [-0.05, 0) is 31.1 Å². The highest BCUT2D eigenvalue weighted by molar-refractivity contribution is 5.93. The number of aryl methyl sites for hydroxylation is 1. The molecule has 0 saturated carbocycles. The van der Waals surface area contributed by atoms with Crippen LogP contribution in [0, 0.1) is 6.92 Å². The van der Waals surface area contributed by atoms with Crippen LogP contribution < -0.4 is 9.80 Å². The van der Waals surface area contributed by atoms with E-state index in [0.29, 0.717) is 0 Å². The maximum absolute atomic E-state index is 10.0. The van der Waals surface area contributed by atoms with Gasteiger partial charge in [-0.1, -0.05) is 12.6 Å². The van der Waals surface area contributed by atoms with Crippen molar-refractivity contribution in [3.8, 4) is 0 Å². The Morgan fingerprint density at radius 1 is 1.13 bits per heavy atom. The van der Waals surface area contributed by atoms with Crippen molar-refractivity contribution in [3.63, 3.8) is 0 Å². The molecule has 2 aliphatic heterocycles. The maximum atomic E-state index is 10.0. The van der Waals surface area contributed by atoms with Crippen LogP contribution in [-0.2, 0) is 13.0 Å². The molecule has 1 unspecified atom stereocenters. The first-order chi connectivity index (χ1) is 14.7. The molecule has 3 aromatic rings. The van der Waals surface area contributed by atoms with Crippen molar-refractivity contribution in [1.29, 1.82) is 0 Å². The summed E-state index contributed by atoms with van der Waals surface area (Å²) in [4.78, 5) is 16.0. The first-order valence-corrected chi connectivity index (χ1v) is 10.5. The second kappa shape index (κ2) is 7.70. The van der Waals surface area contributed by atoms with Crippen LogP contribution in [0.1, 0.15) is 16.8 Å². The lowest BCUT2D eigenvalue weighted by molar-refractivity contribution is 0.0379. The van der Waals surface area contributed by atoms with E-state index < -0.39 is 6.23 Å². The number of hydrogen-bond donors (Lipinski definition) is 2. The number of hydrogen-bond acceptors (Lipinski definition) is 7. The van der Waals surface area contributed by atoms with Crippen LogP contribution in [0.15, 0.2) is 37.3 Å². The Morgan fingerprint density at radius 3 is 2.77 bits per heavy atom. The first kappa shape index (κ1) is 19.0. The van der Waals surface area contributed by atoms with Crippen molar-refractivity contribution in [2.45, 2.75) is 26.1 Å². The molecule has 8 nitrogen and oxygen atoms in total. The van der Waals surface area contributed by atoms with Gasteiger partial charge in [-0.3, -0.25) is 10.00 Å². The fourth-order valence-electron chi connectivity index (χ4n) is 4.68. The minimum absolute atomic E-state index is 0.575. The third kappa shape index (κ3) is 3.22. The number of benzene rings is 1. The Labute approximate surface area is 175 Å². The van der Waals surface area contributed by atoms with Crippen LogP contribution >= 0.6 is 0 Å². The van der Waals surface area contributed by atoms with Crippen molar-refractivity contribution in [2.75, 3.05) is 42.5 Å². The van der Waals surface area contributed by atoms with E-state index in [4.69, 9.17) is 0 Å². The zero-order valence-corrected chi connectivity index (χ0v) is 17.3. The van der Waals surface area contributed by atoms with Gasteiger partial charge in [-0.15, -0.1) is 0 Å². The summed E-state index contributed by atoms with van der Waals surface area (Å²) in [7, 11) is 0. The van der Waals surface area contributed by atoms with E-state index in [9.17, 15) is 5.11 Å². The highest BCUT2D eigenvalue weighted by Gasteiger charge is 2.28. The molecule has 0 aliphatic carbocycles.